The first-order valence-electron chi connectivity index (χ1n) is 2.47. The van der Waals surface area contributed by atoms with Crippen molar-refractivity contribution in [3.05, 3.63) is 30.3 Å². The molecule has 56 valence electrons. The number of halogens is 2. The molecule has 0 nitrogen and oxygen atoms in total. The zero-order valence-corrected chi connectivity index (χ0v) is 9.09. The Hall–Kier alpha value is 0.853. The fourth-order valence-electron chi connectivity index (χ4n) is 0.541. The van der Waals surface area contributed by atoms with E-state index in [2.05, 4.69) is 0 Å². The Morgan fingerprint density at radius 3 is 1.80 bits per heavy atom. The molecule has 0 heterocycles. The summed E-state index contributed by atoms with van der Waals surface area (Å²) < 4.78 is 0. The van der Waals surface area contributed by atoms with Gasteiger partial charge in [-0.2, -0.15) is 0 Å². The van der Waals surface area contributed by atoms with Crippen molar-refractivity contribution in [1.29, 1.82) is 0 Å². The third-order valence-corrected chi connectivity index (χ3v) is 2.81. The first kappa shape index (κ1) is 10.9. The number of hydrogen-bond acceptors (Lipinski definition) is 0. The SMILES string of the molecule is ClP(Cl)c1ccccc1.[Ru]. The molecule has 1 aromatic carbocycles. The second-order valence-electron chi connectivity index (χ2n) is 1.57. The molecule has 0 aliphatic rings. The van der Waals surface area contributed by atoms with Gasteiger partial charge in [-0.15, -0.1) is 0 Å². The molecule has 0 amide bonds. The van der Waals surface area contributed by atoms with Crippen LogP contribution in [0.15, 0.2) is 30.3 Å². The normalized spacial score (nSPS) is 9.10. The van der Waals surface area contributed by atoms with Crippen LogP contribution in [0.4, 0.5) is 0 Å². The van der Waals surface area contributed by atoms with Crippen LogP contribution in [-0.4, -0.2) is 0 Å². The van der Waals surface area contributed by atoms with Gasteiger partial charge in [-0.25, -0.2) is 0 Å². The van der Waals surface area contributed by atoms with E-state index in [4.69, 9.17) is 22.5 Å². The summed E-state index contributed by atoms with van der Waals surface area (Å²) in [7, 11) is 0. The Balaban J connectivity index is 0.000000810. The van der Waals surface area contributed by atoms with Gasteiger partial charge in [0, 0.05) is 24.8 Å². The molecule has 0 saturated carbocycles. The molecule has 0 unspecified atom stereocenters. The van der Waals surface area contributed by atoms with Gasteiger partial charge in [0.1, 0.15) is 6.63 Å². The van der Waals surface area contributed by atoms with Crippen LogP contribution in [0.25, 0.3) is 0 Å². The maximum atomic E-state index is 5.63. The molecule has 0 aromatic heterocycles. The summed E-state index contributed by atoms with van der Waals surface area (Å²) in [6.07, 6.45) is 0. The molecule has 1 rings (SSSR count). The van der Waals surface area contributed by atoms with Crippen molar-refractivity contribution >= 4 is 34.4 Å². The molecular formula is C6H5Cl2PRu. The minimum Gasteiger partial charge on any atom is -0.0727 e. The first-order valence-corrected chi connectivity index (χ1v) is 5.62. The minimum absolute atomic E-state index is 0. The molecule has 10 heavy (non-hydrogen) atoms. The predicted molar refractivity (Wildman–Crippen MR) is 44.7 cm³/mol. The van der Waals surface area contributed by atoms with E-state index in [1.807, 2.05) is 30.3 Å². The Kier molecular flexibility index (Phi) is 5.97. The molecule has 0 fully saturated rings. The monoisotopic (exact) mass is 280 g/mol. The molecule has 0 aliphatic heterocycles. The van der Waals surface area contributed by atoms with Crippen LogP contribution in [0.3, 0.4) is 0 Å². The van der Waals surface area contributed by atoms with Gasteiger partial charge in [0.25, 0.3) is 0 Å². The average Bonchev–Trinajstić information content (AvgIpc) is 1.90. The second kappa shape index (κ2) is 5.50. The number of hydrogen-bond donors (Lipinski definition) is 0. The molecule has 0 N–H and O–H groups in total. The van der Waals surface area contributed by atoms with Gasteiger partial charge in [-0.1, -0.05) is 52.8 Å². The van der Waals surface area contributed by atoms with E-state index in [9.17, 15) is 0 Å². The molecule has 1 aromatic rings. The van der Waals surface area contributed by atoms with Gasteiger partial charge in [0.05, 0.1) is 0 Å². The summed E-state index contributed by atoms with van der Waals surface area (Å²) in [6, 6.07) is 9.64. The van der Waals surface area contributed by atoms with E-state index in [1.54, 1.807) is 0 Å². The van der Waals surface area contributed by atoms with Crippen LogP contribution in [0.5, 0.6) is 0 Å². The average molecular weight is 280 g/mol. The Morgan fingerprint density at radius 1 is 1.00 bits per heavy atom. The summed E-state index contributed by atoms with van der Waals surface area (Å²) in [6.45, 7) is -0.951. The summed E-state index contributed by atoms with van der Waals surface area (Å²) in [5, 5.41) is 1.01. The van der Waals surface area contributed by atoms with Crippen molar-refractivity contribution in [3.8, 4) is 0 Å². The van der Waals surface area contributed by atoms with Crippen LogP contribution < -0.4 is 5.30 Å². The third kappa shape index (κ3) is 3.31. The molecule has 0 spiro atoms. The largest absolute Gasteiger partial charge is 0.116 e. The van der Waals surface area contributed by atoms with Gasteiger partial charge in [0.2, 0.25) is 0 Å². The molecule has 0 bridgehead atoms. The Morgan fingerprint density at radius 2 is 1.50 bits per heavy atom. The molecule has 0 radical (unpaired) electrons. The van der Waals surface area contributed by atoms with Crippen molar-refractivity contribution in [1.82, 2.24) is 0 Å². The minimum atomic E-state index is -0.951. The third-order valence-electron chi connectivity index (χ3n) is 0.951. The zero-order chi connectivity index (χ0) is 6.69. The maximum absolute atomic E-state index is 5.63. The molecule has 0 saturated heterocycles. The van der Waals surface area contributed by atoms with E-state index >= 15 is 0 Å². The van der Waals surface area contributed by atoms with Crippen molar-refractivity contribution in [2.75, 3.05) is 0 Å². The van der Waals surface area contributed by atoms with E-state index in [1.165, 1.54) is 0 Å². The molecule has 0 atom stereocenters. The fourth-order valence-corrected chi connectivity index (χ4v) is 1.61. The topological polar surface area (TPSA) is 0 Å². The van der Waals surface area contributed by atoms with Gasteiger partial charge in [-0.3, -0.25) is 0 Å². The van der Waals surface area contributed by atoms with Gasteiger partial charge < -0.3 is 0 Å². The zero-order valence-electron chi connectivity index (χ0n) is 4.94. The first-order chi connectivity index (χ1) is 4.30. The molecule has 0 aliphatic carbocycles. The summed E-state index contributed by atoms with van der Waals surface area (Å²) in [5.74, 6) is 0. The smallest absolute Gasteiger partial charge is 0.0727 e. The number of benzene rings is 1. The predicted octanol–water partition coefficient (Wildman–Crippen LogP) is 3.10. The van der Waals surface area contributed by atoms with Gasteiger partial charge in [-0.05, 0) is 0 Å². The second-order valence-corrected chi connectivity index (χ2v) is 5.10. The van der Waals surface area contributed by atoms with E-state index in [0.29, 0.717) is 0 Å². The van der Waals surface area contributed by atoms with Crippen LogP contribution in [0.1, 0.15) is 0 Å². The maximum Gasteiger partial charge on any atom is 0.116 e. The van der Waals surface area contributed by atoms with E-state index in [-0.39, 0.29) is 19.5 Å². The Bertz CT molecular complexity index is 178. The summed E-state index contributed by atoms with van der Waals surface area (Å²) >= 11 is 11.3. The molecule has 4 heteroatoms. The van der Waals surface area contributed by atoms with Crippen molar-refractivity contribution < 1.29 is 19.5 Å². The van der Waals surface area contributed by atoms with Gasteiger partial charge >= 0.3 is 0 Å². The standard InChI is InChI=1S/C6H5Cl2P.Ru/c7-9(8)6-4-2-1-3-5-6;/h1-5H;. The van der Waals surface area contributed by atoms with Crippen LogP contribution in [0, 0.1) is 0 Å². The Labute approximate surface area is 84.0 Å². The summed E-state index contributed by atoms with van der Waals surface area (Å²) in [4.78, 5) is 0. The van der Waals surface area contributed by atoms with Crippen LogP contribution in [0.2, 0.25) is 0 Å². The fraction of sp³-hybridized carbons (Fsp3) is 0. The van der Waals surface area contributed by atoms with Crippen molar-refractivity contribution in [2.45, 2.75) is 0 Å². The summed E-state index contributed by atoms with van der Waals surface area (Å²) in [5.41, 5.74) is 0. The van der Waals surface area contributed by atoms with E-state index in [0.717, 1.165) is 5.30 Å². The van der Waals surface area contributed by atoms with Gasteiger partial charge in [0.15, 0.2) is 0 Å². The van der Waals surface area contributed by atoms with Crippen LogP contribution >= 0.6 is 29.1 Å². The number of rotatable bonds is 1. The van der Waals surface area contributed by atoms with Crippen molar-refractivity contribution in [2.24, 2.45) is 0 Å². The van der Waals surface area contributed by atoms with Crippen molar-refractivity contribution in [3.63, 3.8) is 0 Å². The van der Waals surface area contributed by atoms with E-state index < -0.39 is 6.63 Å². The van der Waals surface area contributed by atoms with Crippen LogP contribution in [-0.2, 0) is 19.5 Å². The molecular weight excluding hydrogens is 275 g/mol. The quantitative estimate of drug-likeness (QED) is 0.547.